The maximum Gasteiger partial charge on any atom is 0.217 e. The zero-order chi connectivity index (χ0) is 62.3. The number of ether oxygens (including phenoxy) is 11. The third-order valence-corrected chi connectivity index (χ3v) is 14.8. The van der Waals surface area contributed by atoms with Crippen LogP contribution >= 0.6 is 0 Å². The predicted molar refractivity (Wildman–Crippen MR) is 267 cm³/mol. The highest BCUT2D eigenvalue weighted by atomic mass is 16.8. The number of hydrogen-bond acceptors (Lipinski definition) is 30. The second-order valence-electron chi connectivity index (χ2n) is 21.2. The van der Waals surface area contributed by atoms with Crippen LogP contribution < -0.4 is 31.9 Å². The molecule has 36 heteroatoms. The van der Waals surface area contributed by atoms with Crippen molar-refractivity contribution in [1.29, 1.82) is 0 Å². The van der Waals surface area contributed by atoms with Gasteiger partial charge in [-0.15, -0.1) is 0 Å². The first-order chi connectivity index (χ1) is 39.5. The van der Waals surface area contributed by atoms with E-state index in [4.69, 9.17) is 52.1 Å². The van der Waals surface area contributed by atoms with Gasteiger partial charge < -0.3 is 150 Å². The zero-order valence-corrected chi connectivity index (χ0v) is 46.6. The van der Waals surface area contributed by atoms with Crippen LogP contribution in [0.3, 0.4) is 0 Å². The summed E-state index contributed by atoms with van der Waals surface area (Å²) in [6.07, 6.45) is -43.6. The van der Waals surface area contributed by atoms with Crippen LogP contribution in [0.5, 0.6) is 0 Å². The molecule has 0 unspecified atom stereocenters. The van der Waals surface area contributed by atoms with Gasteiger partial charge in [0.1, 0.15) is 134 Å². The number of aliphatic hydroxyl groups is 13. The molecule has 6 fully saturated rings. The molecule has 6 heterocycles. The van der Waals surface area contributed by atoms with Crippen molar-refractivity contribution in [2.45, 2.75) is 232 Å². The summed E-state index contributed by atoms with van der Waals surface area (Å²) in [5.41, 5.74) is 0. The predicted octanol–water partition coefficient (Wildman–Crippen LogP) is -12.2. The molecule has 6 rings (SSSR count). The topological polar surface area (TPSA) is 539 Å². The molecular weight excluding hydrogens is 1140 g/mol. The molecule has 30 atom stereocenters. The lowest BCUT2D eigenvalue weighted by Gasteiger charge is -2.51. The standard InChI is InChI=1S/C48H80N6O30/c1-13-25(49-14(2)59)41(29(43(73)75-13)53-18(6)63)83-46-28(52-17(5)62)36(70)39(22(10-57)79-46)81-45-27(51-16(4)61)35(69)40(23(11-58)78-45)82-47-30(54-19(7)64)42(84-48-38(72)37(71)32(66)21(9-56)77-48)33(67)24(80-47)12-74-44-26(50-15(3)60)34(68)31(65)20(8-55)76-44/h13,20-48,55-58,65-73H,8-12H2,1-7H3,(H,49,59)(H,50,60)(H,51,61)(H,52,62)(H,53,63)(H,54,64)/t13-,20-,21-,22-,23-,24-,25-,26-,27-,28-,29-,30-,31-,32-,33-,34-,35-,36-,37+,38-,39+,40+,41+,42-,43+,44+,45-,46-,47-,48+/m1/s1. The van der Waals surface area contributed by atoms with Crippen LogP contribution in [0.4, 0.5) is 0 Å². The van der Waals surface area contributed by atoms with E-state index in [-0.39, 0.29) is 0 Å². The van der Waals surface area contributed by atoms with E-state index in [0.29, 0.717) is 0 Å². The van der Waals surface area contributed by atoms with Gasteiger partial charge in [-0.2, -0.15) is 0 Å². The molecule has 0 saturated carbocycles. The highest BCUT2D eigenvalue weighted by Crippen LogP contribution is 2.37. The summed E-state index contributed by atoms with van der Waals surface area (Å²) in [7, 11) is 0. The maximum absolute atomic E-state index is 13.0. The second kappa shape index (κ2) is 30.2. The van der Waals surface area contributed by atoms with Crippen LogP contribution in [-0.4, -0.2) is 319 Å². The molecule has 84 heavy (non-hydrogen) atoms. The first-order valence-corrected chi connectivity index (χ1v) is 26.9. The molecule has 6 aliphatic heterocycles. The van der Waals surface area contributed by atoms with E-state index < -0.39 is 252 Å². The average Bonchev–Trinajstić information content (AvgIpc) is 1.63. The molecule has 0 spiro atoms. The van der Waals surface area contributed by atoms with Gasteiger partial charge in [-0.05, 0) is 6.92 Å². The lowest BCUT2D eigenvalue weighted by atomic mass is 9.92. The van der Waals surface area contributed by atoms with E-state index >= 15 is 0 Å². The van der Waals surface area contributed by atoms with Crippen LogP contribution in [0.25, 0.3) is 0 Å². The van der Waals surface area contributed by atoms with Gasteiger partial charge in [-0.3, -0.25) is 28.8 Å². The maximum atomic E-state index is 13.0. The van der Waals surface area contributed by atoms with E-state index in [1.165, 1.54) is 13.8 Å². The summed E-state index contributed by atoms with van der Waals surface area (Å²) in [5.74, 6) is -4.52. The van der Waals surface area contributed by atoms with Crippen molar-refractivity contribution in [3.05, 3.63) is 0 Å². The number of amides is 6. The molecular formula is C48H80N6O30. The van der Waals surface area contributed by atoms with E-state index in [2.05, 4.69) is 31.9 Å². The molecule has 0 aliphatic carbocycles. The lowest BCUT2D eigenvalue weighted by Crippen LogP contribution is -2.72. The SMILES string of the molecule is CC(=O)N[C@@H]1[C@@H](O[C@H]2O[C@H](CO)[C@H](O[C@H]3O[C@H](CO)[C@H](O[C@H]4O[C@H](CO[C@H]5O[C@H](CO)[C@@H](O)[C@H](O)[C@H]5NC(C)=O)[C@@H](O)[C@H](O[C@@H]5O[C@H](CO)[C@@H](O)[C@H](O)[C@H]5O)[C@H]4NC(C)=O)[C@H](O)[C@H]3NC(C)=O)[C@H](O)[C@H]2NC(C)=O)[C@H](NC(C)=O)[C@@H](C)O[C@@H]1O. The number of hydrogen-bond donors (Lipinski definition) is 19. The molecule has 36 nitrogen and oxygen atoms in total. The van der Waals surface area contributed by atoms with Crippen molar-refractivity contribution < 1.29 is 147 Å². The molecule has 0 bridgehead atoms. The van der Waals surface area contributed by atoms with E-state index in [0.717, 1.165) is 34.6 Å². The van der Waals surface area contributed by atoms with Crippen molar-refractivity contribution >= 4 is 35.4 Å². The molecule has 0 aromatic heterocycles. The fourth-order valence-electron chi connectivity index (χ4n) is 10.8. The Morgan fingerprint density at radius 3 is 1.13 bits per heavy atom. The monoisotopic (exact) mass is 1220 g/mol. The van der Waals surface area contributed by atoms with Crippen molar-refractivity contribution in [2.24, 2.45) is 0 Å². The second-order valence-corrected chi connectivity index (χ2v) is 21.2. The van der Waals surface area contributed by atoms with Gasteiger partial charge in [0, 0.05) is 41.5 Å². The van der Waals surface area contributed by atoms with Crippen molar-refractivity contribution in [2.75, 3.05) is 33.0 Å². The Balaban J connectivity index is 1.33. The minimum atomic E-state index is -2.12. The highest BCUT2D eigenvalue weighted by molar-refractivity contribution is 5.75. The number of rotatable bonds is 21. The Morgan fingerprint density at radius 2 is 0.679 bits per heavy atom. The molecule has 0 aromatic carbocycles. The van der Waals surface area contributed by atoms with Gasteiger partial charge in [0.15, 0.2) is 37.7 Å². The third kappa shape index (κ3) is 16.1. The van der Waals surface area contributed by atoms with Gasteiger partial charge >= 0.3 is 0 Å². The summed E-state index contributed by atoms with van der Waals surface area (Å²) < 4.78 is 66.0. The Labute approximate surface area is 479 Å². The largest absolute Gasteiger partial charge is 0.394 e. The smallest absolute Gasteiger partial charge is 0.217 e. The lowest BCUT2D eigenvalue weighted by molar-refractivity contribution is -0.371. The van der Waals surface area contributed by atoms with Crippen molar-refractivity contribution in [3.63, 3.8) is 0 Å². The summed E-state index contributed by atoms with van der Waals surface area (Å²) in [4.78, 5) is 75.7. The van der Waals surface area contributed by atoms with Crippen LogP contribution in [0.2, 0.25) is 0 Å². The minimum absolute atomic E-state index is 0.590. The Kier molecular flexibility index (Phi) is 24.8. The number of aliphatic hydroxyl groups excluding tert-OH is 13. The molecule has 6 aliphatic rings. The van der Waals surface area contributed by atoms with E-state index in [1.807, 2.05) is 0 Å². The Morgan fingerprint density at radius 1 is 0.333 bits per heavy atom. The van der Waals surface area contributed by atoms with Crippen LogP contribution in [0.1, 0.15) is 48.5 Å². The summed E-state index contributed by atoms with van der Waals surface area (Å²) >= 11 is 0. The first-order valence-electron chi connectivity index (χ1n) is 26.9. The average molecular weight is 1220 g/mol. The number of carbonyl (C=O) groups is 6. The van der Waals surface area contributed by atoms with Crippen molar-refractivity contribution in [3.8, 4) is 0 Å². The Bertz CT molecular complexity index is 2190. The molecule has 6 saturated heterocycles. The number of nitrogens with one attached hydrogen (secondary N) is 6. The molecule has 0 radical (unpaired) electrons. The molecule has 482 valence electrons. The highest BCUT2D eigenvalue weighted by Gasteiger charge is 2.58. The van der Waals surface area contributed by atoms with Gasteiger partial charge in [0.05, 0.1) is 45.2 Å². The van der Waals surface area contributed by atoms with E-state index in [9.17, 15) is 95.2 Å². The summed E-state index contributed by atoms with van der Waals surface area (Å²) in [6.45, 7) is 3.15. The van der Waals surface area contributed by atoms with Gasteiger partial charge in [0.25, 0.3) is 0 Å². The van der Waals surface area contributed by atoms with Gasteiger partial charge in [-0.1, -0.05) is 0 Å². The fraction of sp³-hybridized carbons (Fsp3) is 0.875. The number of carbonyl (C=O) groups excluding carboxylic acids is 6. The van der Waals surface area contributed by atoms with Crippen LogP contribution in [-0.2, 0) is 80.9 Å². The van der Waals surface area contributed by atoms with E-state index in [1.54, 1.807) is 0 Å². The molecule has 6 amide bonds. The minimum Gasteiger partial charge on any atom is -0.394 e. The molecule has 19 N–H and O–H groups in total. The van der Waals surface area contributed by atoms with Gasteiger partial charge in [-0.25, -0.2) is 0 Å². The quantitative estimate of drug-likeness (QED) is 0.0507. The first kappa shape index (κ1) is 69.0. The Hall–Kier alpha value is -4.14. The fourth-order valence-corrected chi connectivity index (χ4v) is 10.8. The summed E-state index contributed by atoms with van der Waals surface area (Å²) in [6, 6.07) is -9.39. The molecule has 0 aromatic rings. The van der Waals surface area contributed by atoms with Gasteiger partial charge in [0.2, 0.25) is 35.4 Å². The zero-order valence-electron chi connectivity index (χ0n) is 46.6. The third-order valence-electron chi connectivity index (χ3n) is 14.8. The van der Waals surface area contributed by atoms with Crippen LogP contribution in [0, 0.1) is 0 Å². The summed E-state index contributed by atoms with van der Waals surface area (Å²) in [5, 5.41) is 158. The van der Waals surface area contributed by atoms with Crippen molar-refractivity contribution in [1.82, 2.24) is 31.9 Å². The normalized spacial score (nSPS) is 44.4. The van der Waals surface area contributed by atoms with Crippen LogP contribution in [0.15, 0.2) is 0 Å².